The number of fused-ring (bicyclic) bond motifs is 1. The number of benzene rings is 1. The van der Waals surface area contributed by atoms with Gasteiger partial charge in [0.15, 0.2) is 0 Å². The van der Waals surface area contributed by atoms with Crippen molar-refractivity contribution in [1.29, 1.82) is 0 Å². The number of aryl methyl sites for hydroxylation is 1. The normalized spacial score (nSPS) is 21.5. The van der Waals surface area contributed by atoms with E-state index in [1.165, 1.54) is 24.0 Å². The lowest BCUT2D eigenvalue weighted by molar-refractivity contribution is 0.165. The maximum atomic E-state index is 5.15. The van der Waals surface area contributed by atoms with Crippen LogP contribution in [0.4, 0.5) is 0 Å². The van der Waals surface area contributed by atoms with Gasteiger partial charge in [-0.25, -0.2) is 0 Å². The van der Waals surface area contributed by atoms with Gasteiger partial charge >= 0.3 is 0 Å². The molecule has 0 aliphatic heterocycles. The smallest absolute Gasteiger partial charge is 0.0613 e. The van der Waals surface area contributed by atoms with Crippen molar-refractivity contribution in [1.82, 2.24) is 5.32 Å². The third-order valence-electron chi connectivity index (χ3n) is 3.28. The lowest BCUT2D eigenvalue weighted by atomic mass is 9.88. The van der Waals surface area contributed by atoms with Crippen LogP contribution in [-0.4, -0.2) is 25.8 Å². The van der Waals surface area contributed by atoms with Gasteiger partial charge in [-0.2, -0.15) is 0 Å². The molecule has 0 heterocycles. The van der Waals surface area contributed by atoms with Gasteiger partial charge in [-0.05, 0) is 37.3 Å². The first-order valence-electron chi connectivity index (χ1n) is 6.11. The highest BCUT2D eigenvalue weighted by Crippen LogP contribution is 2.21. The van der Waals surface area contributed by atoms with Crippen LogP contribution in [0.3, 0.4) is 0 Å². The zero-order valence-corrected chi connectivity index (χ0v) is 10.2. The highest BCUT2D eigenvalue weighted by Gasteiger charge is 2.19. The van der Waals surface area contributed by atoms with E-state index in [1.807, 2.05) is 0 Å². The van der Waals surface area contributed by atoms with Crippen LogP contribution < -0.4 is 5.32 Å². The van der Waals surface area contributed by atoms with Gasteiger partial charge < -0.3 is 10.1 Å². The Labute approximate surface area is 98.0 Å². The van der Waals surface area contributed by atoms with Crippen molar-refractivity contribution in [3.63, 3.8) is 0 Å². The number of methoxy groups -OCH3 is 1. The van der Waals surface area contributed by atoms with Crippen LogP contribution in [-0.2, 0) is 17.6 Å². The van der Waals surface area contributed by atoms with Crippen molar-refractivity contribution < 1.29 is 4.74 Å². The van der Waals surface area contributed by atoms with E-state index in [-0.39, 0.29) is 0 Å². The largest absolute Gasteiger partial charge is 0.383 e. The molecule has 0 amide bonds. The molecule has 2 nitrogen and oxygen atoms in total. The van der Waals surface area contributed by atoms with Gasteiger partial charge in [0.25, 0.3) is 0 Å². The highest BCUT2D eigenvalue weighted by molar-refractivity contribution is 5.30. The van der Waals surface area contributed by atoms with E-state index in [0.29, 0.717) is 12.1 Å². The molecule has 1 N–H and O–H groups in total. The molecule has 0 bridgehead atoms. The van der Waals surface area contributed by atoms with Gasteiger partial charge in [0.2, 0.25) is 0 Å². The minimum atomic E-state index is 0.445. The fraction of sp³-hybridized carbons (Fsp3) is 0.571. The molecule has 0 saturated carbocycles. The highest BCUT2D eigenvalue weighted by atomic mass is 16.5. The molecule has 2 heteroatoms. The summed E-state index contributed by atoms with van der Waals surface area (Å²) in [6.07, 6.45) is 3.60. The van der Waals surface area contributed by atoms with E-state index >= 15 is 0 Å². The molecular weight excluding hydrogens is 198 g/mol. The Kier molecular flexibility index (Phi) is 3.97. The Morgan fingerprint density at radius 3 is 2.88 bits per heavy atom. The van der Waals surface area contributed by atoms with Crippen molar-refractivity contribution in [3.05, 3.63) is 35.4 Å². The fourth-order valence-corrected chi connectivity index (χ4v) is 2.54. The molecule has 2 rings (SSSR count). The second kappa shape index (κ2) is 5.46. The number of ether oxygens (including phenoxy) is 1. The average molecular weight is 219 g/mol. The van der Waals surface area contributed by atoms with Crippen LogP contribution >= 0.6 is 0 Å². The molecule has 16 heavy (non-hydrogen) atoms. The Morgan fingerprint density at radius 2 is 2.12 bits per heavy atom. The van der Waals surface area contributed by atoms with Gasteiger partial charge in [0.05, 0.1) is 6.61 Å². The van der Waals surface area contributed by atoms with Crippen LogP contribution in [0.25, 0.3) is 0 Å². The minimum Gasteiger partial charge on any atom is -0.383 e. The summed E-state index contributed by atoms with van der Waals surface area (Å²) in [4.78, 5) is 0. The first-order valence-corrected chi connectivity index (χ1v) is 6.11. The summed E-state index contributed by atoms with van der Waals surface area (Å²) >= 11 is 0. The molecule has 1 aromatic carbocycles. The SMILES string of the molecule is COCC(C)NC1CCc2ccccc2C1. The summed E-state index contributed by atoms with van der Waals surface area (Å²) in [5, 5.41) is 3.64. The maximum Gasteiger partial charge on any atom is 0.0613 e. The lowest BCUT2D eigenvalue weighted by Crippen LogP contribution is -2.42. The molecule has 0 saturated heterocycles. The van der Waals surface area contributed by atoms with E-state index in [1.54, 1.807) is 7.11 Å². The minimum absolute atomic E-state index is 0.445. The zero-order valence-electron chi connectivity index (χ0n) is 10.2. The molecule has 1 aliphatic carbocycles. The van der Waals surface area contributed by atoms with Gasteiger partial charge in [-0.1, -0.05) is 24.3 Å². The second-order valence-electron chi connectivity index (χ2n) is 4.73. The molecule has 2 atom stereocenters. The topological polar surface area (TPSA) is 21.3 Å². The van der Waals surface area contributed by atoms with E-state index in [2.05, 4.69) is 36.5 Å². The van der Waals surface area contributed by atoms with E-state index < -0.39 is 0 Å². The first-order chi connectivity index (χ1) is 7.79. The number of hydrogen-bond donors (Lipinski definition) is 1. The number of nitrogens with one attached hydrogen (secondary N) is 1. The molecule has 0 spiro atoms. The number of hydrogen-bond acceptors (Lipinski definition) is 2. The third kappa shape index (κ3) is 2.83. The summed E-state index contributed by atoms with van der Waals surface area (Å²) in [6.45, 7) is 2.97. The molecule has 88 valence electrons. The molecule has 2 unspecified atom stereocenters. The quantitative estimate of drug-likeness (QED) is 0.838. The Hall–Kier alpha value is -0.860. The van der Waals surface area contributed by atoms with Crippen LogP contribution in [0.1, 0.15) is 24.5 Å². The van der Waals surface area contributed by atoms with Gasteiger partial charge in [0.1, 0.15) is 0 Å². The molecule has 1 aromatic rings. The standard InChI is InChI=1S/C14H21NO/c1-11(10-16-2)15-14-8-7-12-5-3-4-6-13(12)9-14/h3-6,11,14-15H,7-10H2,1-2H3. The van der Waals surface area contributed by atoms with Crippen LogP contribution in [0.15, 0.2) is 24.3 Å². The maximum absolute atomic E-state index is 5.15. The van der Waals surface area contributed by atoms with Crippen molar-refractivity contribution in [2.75, 3.05) is 13.7 Å². The first kappa shape index (κ1) is 11.6. The van der Waals surface area contributed by atoms with Crippen molar-refractivity contribution in [3.8, 4) is 0 Å². The molecule has 1 aliphatic rings. The van der Waals surface area contributed by atoms with Crippen LogP contribution in [0.2, 0.25) is 0 Å². The zero-order chi connectivity index (χ0) is 11.4. The molecule has 0 aromatic heterocycles. The fourth-order valence-electron chi connectivity index (χ4n) is 2.54. The van der Waals surface area contributed by atoms with Gasteiger partial charge in [-0.3, -0.25) is 0 Å². The summed E-state index contributed by atoms with van der Waals surface area (Å²) in [5.74, 6) is 0. The van der Waals surface area contributed by atoms with Gasteiger partial charge in [-0.15, -0.1) is 0 Å². The van der Waals surface area contributed by atoms with Crippen molar-refractivity contribution >= 4 is 0 Å². The Bertz CT molecular complexity index is 337. The summed E-state index contributed by atoms with van der Waals surface area (Å²) in [5.41, 5.74) is 3.04. The number of rotatable bonds is 4. The van der Waals surface area contributed by atoms with E-state index in [4.69, 9.17) is 4.74 Å². The van der Waals surface area contributed by atoms with Gasteiger partial charge in [0, 0.05) is 19.2 Å². The Morgan fingerprint density at radius 1 is 1.38 bits per heavy atom. The molecular formula is C14H21NO. The summed E-state index contributed by atoms with van der Waals surface area (Å²) < 4.78 is 5.15. The van der Waals surface area contributed by atoms with Crippen molar-refractivity contribution in [2.45, 2.75) is 38.3 Å². The van der Waals surface area contributed by atoms with E-state index in [9.17, 15) is 0 Å². The predicted molar refractivity (Wildman–Crippen MR) is 66.7 cm³/mol. The lowest BCUT2D eigenvalue weighted by Gasteiger charge is -2.28. The molecule has 0 fully saturated rings. The summed E-state index contributed by atoms with van der Waals surface area (Å²) in [6, 6.07) is 9.84. The monoisotopic (exact) mass is 219 g/mol. The van der Waals surface area contributed by atoms with E-state index in [0.717, 1.165) is 13.0 Å². The summed E-state index contributed by atoms with van der Waals surface area (Å²) in [7, 11) is 1.76. The van der Waals surface area contributed by atoms with Crippen molar-refractivity contribution in [2.24, 2.45) is 0 Å². The average Bonchev–Trinajstić information content (AvgIpc) is 2.29. The second-order valence-corrected chi connectivity index (χ2v) is 4.73. The Balaban J connectivity index is 1.92. The van der Waals surface area contributed by atoms with Crippen LogP contribution in [0, 0.1) is 0 Å². The predicted octanol–water partition coefficient (Wildman–Crippen LogP) is 2.17. The third-order valence-corrected chi connectivity index (χ3v) is 3.28. The molecule has 0 radical (unpaired) electrons. The van der Waals surface area contributed by atoms with Crippen LogP contribution in [0.5, 0.6) is 0 Å².